The van der Waals surface area contributed by atoms with E-state index in [0.717, 1.165) is 44.1 Å². The summed E-state index contributed by atoms with van der Waals surface area (Å²) in [6.07, 6.45) is 11.6. The lowest BCUT2D eigenvalue weighted by atomic mass is 9.43. The van der Waals surface area contributed by atoms with Gasteiger partial charge in [0.05, 0.1) is 5.60 Å². The van der Waals surface area contributed by atoms with Gasteiger partial charge in [-0.05, 0) is 117 Å². The topological polar surface area (TPSA) is 83.8 Å². The Morgan fingerprint density at radius 2 is 1.89 bits per heavy atom. The number of carbonyl (C=O) groups is 2. The number of carboxylic acids is 1. The van der Waals surface area contributed by atoms with Gasteiger partial charge in [0.1, 0.15) is 6.10 Å². The fourth-order valence-electron chi connectivity index (χ4n) is 10.7. The van der Waals surface area contributed by atoms with Gasteiger partial charge < -0.3 is 14.9 Å². The number of hydrogen-bond donors (Lipinski definition) is 2. The number of fused-ring (bicyclic) bond motifs is 2. The third-order valence-corrected chi connectivity index (χ3v) is 12.6. The number of esters is 1. The van der Waals surface area contributed by atoms with Crippen LogP contribution >= 0.6 is 0 Å². The Labute approximate surface area is 211 Å². The van der Waals surface area contributed by atoms with Crippen LogP contribution in [0, 0.1) is 45.3 Å². The average molecular weight is 487 g/mol. The van der Waals surface area contributed by atoms with E-state index in [1.165, 1.54) is 12.8 Å². The maximum atomic E-state index is 12.3. The van der Waals surface area contributed by atoms with Crippen molar-refractivity contribution < 1.29 is 24.5 Å². The Bertz CT molecular complexity index is 947. The molecule has 5 rings (SSSR count). The van der Waals surface area contributed by atoms with Crippen LogP contribution in [0.25, 0.3) is 0 Å². The van der Waals surface area contributed by atoms with Crippen LogP contribution in [0.5, 0.6) is 0 Å². The van der Waals surface area contributed by atoms with Crippen LogP contribution in [-0.4, -0.2) is 33.9 Å². The number of ether oxygens (including phenoxy) is 1. The first-order valence-corrected chi connectivity index (χ1v) is 14.0. The average Bonchev–Trinajstić information content (AvgIpc) is 3.36. The molecule has 0 saturated heterocycles. The van der Waals surface area contributed by atoms with Gasteiger partial charge in [-0.2, -0.15) is 0 Å². The summed E-state index contributed by atoms with van der Waals surface area (Å²) >= 11 is 0. The third kappa shape index (κ3) is 3.35. The molecule has 196 valence electrons. The van der Waals surface area contributed by atoms with Gasteiger partial charge in [-0.25, -0.2) is 4.79 Å². The first-order chi connectivity index (χ1) is 16.2. The fourth-order valence-corrected chi connectivity index (χ4v) is 10.7. The standard InChI is InChI=1S/C30H46O5/c1-18-7-8-21(35-25(18)33)19(2)20-11-13-28(6)23-10-9-22(26(3,4)34)29(14-12-24(31)32)17-30(23,29)16-15-27(20,28)5/h7,19-23,34H,8-17H2,1-6H3,(H,31,32)/t19-,20+,21-,22-,23-,27+,28-,29+,30-/m0/s1. The fraction of sp³-hybridized carbons (Fsp3) is 0.867. The van der Waals surface area contributed by atoms with Crippen LogP contribution in [-0.2, 0) is 14.3 Å². The number of aliphatic hydroxyl groups is 1. The minimum atomic E-state index is -0.780. The molecule has 2 N–H and O–H groups in total. The highest BCUT2D eigenvalue weighted by Crippen LogP contribution is 2.87. The largest absolute Gasteiger partial charge is 0.481 e. The number of cyclic esters (lactones) is 1. The molecule has 5 nitrogen and oxygen atoms in total. The minimum absolute atomic E-state index is 0.0345. The van der Waals surface area contributed by atoms with E-state index in [-0.39, 0.29) is 46.1 Å². The van der Waals surface area contributed by atoms with Gasteiger partial charge in [-0.15, -0.1) is 0 Å². The molecule has 9 atom stereocenters. The summed E-state index contributed by atoms with van der Waals surface area (Å²) in [5.41, 5.74) is 0.470. The summed E-state index contributed by atoms with van der Waals surface area (Å²) in [7, 11) is 0. The zero-order valence-electron chi connectivity index (χ0n) is 22.7. The molecule has 0 aromatic heterocycles. The lowest BCUT2D eigenvalue weighted by Crippen LogP contribution is -2.56. The van der Waals surface area contributed by atoms with Gasteiger partial charge in [0.25, 0.3) is 0 Å². The molecule has 4 aliphatic carbocycles. The molecule has 1 heterocycles. The SMILES string of the molecule is CC1=CC[C@@H]([C@@H](C)[C@H]2CC[C@@]3(C)[C@@H]4CC[C@@H](C(C)(C)O)[C@@]5(CCC(=O)O)C[C@@]45CC[C@]23C)OC1=O. The summed E-state index contributed by atoms with van der Waals surface area (Å²) < 4.78 is 5.90. The van der Waals surface area contributed by atoms with Crippen LogP contribution in [0.15, 0.2) is 11.6 Å². The van der Waals surface area contributed by atoms with Crippen LogP contribution in [0.3, 0.4) is 0 Å². The highest BCUT2D eigenvalue weighted by atomic mass is 16.5. The first kappa shape index (κ1) is 25.3. The van der Waals surface area contributed by atoms with Gasteiger partial charge in [-0.3, -0.25) is 4.79 Å². The highest BCUT2D eigenvalue weighted by Gasteiger charge is 2.81. The van der Waals surface area contributed by atoms with E-state index >= 15 is 0 Å². The maximum Gasteiger partial charge on any atom is 0.333 e. The molecule has 4 saturated carbocycles. The molecule has 35 heavy (non-hydrogen) atoms. The number of aliphatic carboxylic acids is 1. The first-order valence-electron chi connectivity index (χ1n) is 14.0. The molecule has 1 aliphatic heterocycles. The Balaban J connectivity index is 1.44. The summed E-state index contributed by atoms with van der Waals surface area (Å²) in [5.74, 6) is 0.723. The molecule has 1 spiro atoms. The van der Waals surface area contributed by atoms with Gasteiger partial charge >= 0.3 is 11.9 Å². The smallest absolute Gasteiger partial charge is 0.333 e. The summed E-state index contributed by atoms with van der Waals surface area (Å²) in [5, 5.41) is 20.7. The van der Waals surface area contributed by atoms with Crippen molar-refractivity contribution in [2.45, 2.75) is 117 Å². The van der Waals surface area contributed by atoms with Crippen LogP contribution in [0.1, 0.15) is 106 Å². The van der Waals surface area contributed by atoms with Gasteiger partial charge in [0.2, 0.25) is 0 Å². The summed E-state index contributed by atoms with van der Waals surface area (Å²) in [6, 6.07) is 0. The van der Waals surface area contributed by atoms with E-state index in [1.54, 1.807) is 0 Å². The molecular formula is C30H46O5. The quantitative estimate of drug-likeness (QED) is 0.441. The second-order valence-electron chi connectivity index (χ2n) is 14.1. The van der Waals surface area contributed by atoms with Crippen molar-refractivity contribution in [1.82, 2.24) is 0 Å². The number of hydrogen-bond acceptors (Lipinski definition) is 4. The number of carboxylic acid groups (broad SMARTS) is 1. The Hall–Kier alpha value is -1.36. The van der Waals surface area contributed by atoms with E-state index in [0.29, 0.717) is 24.2 Å². The van der Waals surface area contributed by atoms with E-state index in [2.05, 4.69) is 26.8 Å². The normalized spacial score (nSPS) is 47.6. The van der Waals surface area contributed by atoms with Crippen LogP contribution < -0.4 is 0 Å². The van der Waals surface area contributed by atoms with Crippen molar-refractivity contribution in [1.29, 1.82) is 0 Å². The molecular weight excluding hydrogens is 440 g/mol. The van der Waals surface area contributed by atoms with Gasteiger partial charge in [-0.1, -0.05) is 26.8 Å². The highest BCUT2D eigenvalue weighted by molar-refractivity contribution is 5.88. The molecule has 0 amide bonds. The molecule has 5 aliphatic rings. The summed E-state index contributed by atoms with van der Waals surface area (Å²) in [6.45, 7) is 13.1. The van der Waals surface area contributed by atoms with E-state index < -0.39 is 11.6 Å². The molecule has 5 heteroatoms. The Morgan fingerprint density at radius 3 is 2.51 bits per heavy atom. The molecule has 0 bridgehead atoms. The molecule has 4 fully saturated rings. The van der Waals surface area contributed by atoms with Crippen molar-refractivity contribution >= 4 is 11.9 Å². The zero-order valence-corrected chi connectivity index (χ0v) is 22.7. The lowest BCUT2D eigenvalue weighted by molar-refractivity contribution is -0.161. The second kappa shape index (κ2) is 7.82. The van der Waals surface area contributed by atoms with Gasteiger partial charge in [0.15, 0.2) is 0 Å². The molecule has 0 aromatic rings. The monoisotopic (exact) mass is 486 g/mol. The maximum absolute atomic E-state index is 12.3. The van der Waals surface area contributed by atoms with E-state index in [1.807, 2.05) is 20.8 Å². The molecule has 0 unspecified atom stereocenters. The van der Waals surface area contributed by atoms with Crippen molar-refractivity contribution in [3.8, 4) is 0 Å². The van der Waals surface area contributed by atoms with Crippen LogP contribution in [0.4, 0.5) is 0 Å². The minimum Gasteiger partial charge on any atom is -0.481 e. The van der Waals surface area contributed by atoms with E-state index in [9.17, 15) is 19.8 Å². The Kier molecular flexibility index (Phi) is 5.65. The zero-order chi connectivity index (χ0) is 25.6. The number of rotatable bonds is 6. The number of carbonyl (C=O) groups excluding carboxylic acids is 1. The van der Waals surface area contributed by atoms with Crippen molar-refractivity contribution in [3.05, 3.63) is 11.6 Å². The lowest BCUT2D eigenvalue weighted by Gasteiger charge is -2.62. The van der Waals surface area contributed by atoms with E-state index in [4.69, 9.17) is 4.74 Å². The third-order valence-electron chi connectivity index (χ3n) is 12.6. The van der Waals surface area contributed by atoms with Crippen molar-refractivity contribution in [2.75, 3.05) is 0 Å². The summed E-state index contributed by atoms with van der Waals surface area (Å²) in [4.78, 5) is 23.9. The Morgan fingerprint density at radius 1 is 1.17 bits per heavy atom. The molecule has 0 aromatic carbocycles. The second-order valence-corrected chi connectivity index (χ2v) is 14.1. The predicted octanol–water partition coefficient (Wildman–Crippen LogP) is 6.14. The molecule has 0 radical (unpaired) electrons. The van der Waals surface area contributed by atoms with Crippen LogP contribution in [0.2, 0.25) is 0 Å². The van der Waals surface area contributed by atoms with Crippen molar-refractivity contribution in [2.24, 2.45) is 45.3 Å². The van der Waals surface area contributed by atoms with Crippen molar-refractivity contribution in [3.63, 3.8) is 0 Å². The van der Waals surface area contributed by atoms with Gasteiger partial charge in [0, 0.05) is 18.4 Å². The predicted molar refractivity (Wildman–Crippen MR) is 134 cm³/mol.